The molecule has 126 valence electrons. The molecule has 0 aliphatic heterocycles. The van der Waals surface area contributed by atoms with Crippen molar-refractivity contribution in [3.63, 3.8) is 0 Å². The summed E-state index contributed by atoms with van der Waals surface area (Å²) in [6.07, 6.45) is 8.23. The number of aliphatic hydroxyl groups is 1. The predicted octanol–water partition coefficient (Wildman–Crippen LogP) is 3.26. The summed E-state index contributed by atoms with van der Waals surface area (Å²) in [6.45, 7) is 0. The zero-order valence-corrected chi connectivity index (χ0v) is 14.3. The number of rotatable bonds is 6. The smallest absolute Gasteiger partial charge is 0.223 e. The van der Waals surface area contributed by atoms with E-state index in [9.17, 15) is 9.90 Å². The van der Waals surface area contributed by atoms with Gasteiger partial charge in [-0.15, -0.1) is 11.3 Å². The Morgan fingerprint density at radius 3 is 2.83 bits per heavy atom. The zero-order chi connectivity index (χ0) is 16.8. The van der Waals surface area contributed by atoms with E-state index in [2.05, 4.69) is 22.5 Å². The summed E-state index contributed by atoms with van der Waals surface area (Å²) < 4.78 is 0. The molecular weight excluding hydrogens is 320 g/mol. The summed E-state index contributed by atoms with van der Waals surface area (Å²) in [7, 11) is 0. The molecule has 1 aliphatic carbocycles. The molecule has 1 aromatic heterocycles. The van der Waals surface area contributed by atoms with Crippen molar-refractivity contribution in [2.45, 2.75) is 37.8 Å². The van der Waals surface area contributed by atoms with Crippen LogP contribution in [0.1, 0.15) is 35.9 Å². The standard InChI is InChI=1S/C19H22N2O2S/c22-17(19-20-11-12-24-19)16(13-14-7-3-1-4-8-14)21-18(23)15-9-5-2-6-10-15/h1-5,7-8,11-12,15-17,22H,6,9-10,13H2,(H,21,23)/t15-,16-,17-/m0/s1. The molecule has 1 amide bonds. The summed E-state index contributed by atoms with van der Waals surface area (Å²) in [5, 5.41) is 16.2. The molecule has 1 aromatic carbocycles. The minimum atomic E-state index is -0.798. The van der Waals surface area contributed by atoms with Gasteiger partial charge in [0.25, 0.3) is 0 Å². The third kappa shape index (κ3) is 4.30. The average Bonchev–Trinajstić information content (AvgIpc) is 3.17. The van der Waals surface area contributed by atoms with E-state index < -0.39 is 6.10 Å². The monoisotopic (exact) mass is 342 g/mol. The number of amides is 1. The Morgan fingerprint density at radius 2 is 2.17 bits per heavy atom. The Kier molecular flexibility index (Phi) is 5.77. The van der Waals surface area contributed by atoms with Crippen LogP contribution in [0.25, 0.3) is 0 Å². The highest BCUT2D eigenvalue weighted by molar-refractivity contribution is 7.09. The molecule has 0 spiro atoms. The third-order valence-electron chi connectivity index (χ3n) is 4.35. The van der Waals surface area contributed by atoms with Crippen LogP contribution in [0.5, 0.6) is 0 Å². The molecule has 2 aromatic rings. The minimum Gasteiger partial charge on any atom is -0.384 e. The number of nitrogens with one attached hydrogen (secondary N) is 1. The Balaban J connectivity index is 1.73. The molecule has 0 unspecified atom stereocenters. The number of nitrogens with zero attached hydrogens (tertiary/aromatic N) is 1. The molecule has 0 saturated heterocycles. The molecule has 1 aliphatic rings. The Labute approximate surface area is 146 Å². The molecule has 4 nitrogen and oxygen atoms in total. The minimum absolute atomic E-state index is 0.00299. The number of carbonyl (C=O) groups is 1. The quantitative estimate of drug-likeness (QED) is 0.792. The van der Waals surface area contributed by atoms with E-state index in [4.69, 9.17) is 0 Å². The van der Waals surface area contributed by atoms with Crippen LogP contribution in [-0.4, -0.2) is 22.0 Å². The van der Waals surface area contributed by atoms with E-state index in [1.165, 1.54) is 11.3 Å². The van der Waals surface area contributed by atoms with E-state index in [1.54, 1.807) is 6.20 Å². The van der Waals surface area contributed by atoms with Gasteiger partial charge in [-0.3, -0.25) is 4.79 Å². The zero-order valence-electron chi connectivity index (χ0n) is 13.5. The van der Waals surface area contributed by atoms with Crippen LogP contribution in [-0.2, 0) is 11.2 Å². The van der Waals surface area contributed by atoms with Gasteiger partial charge in [0, 0.05) is 17.5 Å². The molecule has 0 saturated carbocycles. The topological polar surface area (TPSA) is 62.2 Å². The number of allylic oxidation sites excluding steroid dienone is 2. The highest BCUT2D eigenvalue weighted by Gasteiger charge is 2.28. The van der Waals surface area contributed by atoms with Gasteiger partial charge in [0.2, 0.25) is 5.91 Å². The molecule has 0 bridgehead atoms. The van der Waals surface area contributed by atoms with Gasteiger partial charge in [0.1, 0.15) is 11.1 Å². The maximum Gasteiger partial charge on any atom is 0.223 e. The van der Waals surface area contributed by atoms with Crippen molar-refractivity contribution < 1.29 is 9.90 Å². The molecule has 1 heterocycles. The highest BCUT2D eigenvalue weighted by Crippen LogP contribution is 2.24. The number of aromatic nitrogens is 1. The van der Waals surface area contributed by atoms with Crippen LogP contribution in [0.2, 0.25) is 0 Å². The van der Waals surface area contributed by atoms with E-state index >= 15 is 0 Å². The number of thiazole rings is 1. The van der Waals surface area contributed by atoms with Crippen molar-refractivity contribution >= 4 is 17.2 Å². The Morgan fingerprint density at radius 1 is 1.33 bits per heavy atom. The fourth-order valence-corrected chi connectivity index (χ4v) is 3.68. The SMILES string of the molecule is O=C(N[C@@H](Cc1ccccc1)[C@H](O)c1nccs1)[C@H]1CC=CCC1. The van der Waals surface area contributed by atoms with Gasteiger partial charge in [-0.2, -0.15) is 0 Å². The van der Waals surface area contributed by atoms with Crippen LogP contribution in [0.3, 0.4) is 0 Å². The van der Waals surface area contributed by atoms with E-state index in [1.807, 2.05) is 35.7 Å². The Hall–Kier alpha value is -1.98. The van der Waals surface area contributed by atoms with Gasteiger partial charge < -0.3 is 10.4 Å². The van der Waals surface area contributed by atoms with E-state index in [0.29, 0.717) is 11.4 Å². The summed E-state index contributed by atoms with van der Waals surface area (Å²) in [5.74, 6) is 0.0210. The lowest BCUT2D eigenvalue weighted by Gasteiger charge is -2.26. The molecule has 0 fully saturated rings. The van der Waals surface area contributed by atoms with Crippen LogP contribution >= 0.6 is 11.3 Å². The van der Waals surface area contributed by atoms with Crippen molar-refractivity contribution in [2.24, 2.45) is 5.92 Å². The number of aliphatic hydroxyl groups excluding tert-OH is 1. The predicted molar refractivity (Wildman–Crippen MR) is 95.6 cm³/mol. The molecule has 5 heteroatoms. The first-order valence-electron chi connectivity index (χ1n) is 8.31. The van der Waals surface area contributed by atoms with Crippen LogP contribution in [0, 0.1) is 5.92 Å². The second kappa shape index (κ2) is 8.22. The van der Waals surface area contributed by atoms with Crippen molar-refractivity contribution in [3.8, 4) is 0 Å². The lowest BCUT2D eigenvalue weighted by Crippen LogP contribution is -2.44. The second-order valence-electron chi connectivity index (χ2n) is 6.10. The number of hydrogen-bond donors (Lipinski definition) is 2. The number of benzene rings is 1. The molecule has 24 heavy (non-hydrogen) atoms. The summed E-state index contributed by atoms with van der Waals surface area (Å²) in [6, 6.07) is 9.54. The number of carbonyl (C=O) groups excluding carboxylic acids is 1. The van der Waals surface area contributed by atoms with Crippen molar-refractivity contribution in [3.05, 3.63) is 64.6 Å². The van der Waals surface area contributed by atoms with Crippen LogP contribution < -0.4 is 5.32 Å². The molecule has 2 N–H and O–H groups in total. The van der Waals surface area contributed by atoms with Crippen LogP contribution in [0.4, 0.5) is 0 Å². The summed E-state index contributed by atoms with van der Waals surface area (Å²) in [5.41, 5.74) is 1.09. The summed E-state index contributed by atoms with van der Waals surface area (Å²) in [4.78, 5) is 16.8. The molecule has 3 rings (SSSR count). The van der Waals surface area contributed by atoms with Crippen molar-refractivity contribution in [2.75, 3.05) is 0 Å². The average molecular weight is 342 g/mol. The summed E-state index contributed by atoms with van der Waals surface area (Å²) >= 11 is 1.41. The Bertz CT molecular complexity index is 670. The normalized spacial score (nSPS) is 19.6. The van der Waals surface area contributed by atoms with Gasteiger partial charge in [0.15, 0.2) is 0 Å². The lowest BCUT2D eigenvalue weighted by atomic mass is 9.92. The van der Waals surface area contributed by atoms with Gasteiger partial charge in [0.05, 0.1) is 6.04 Å². The second-order valence-corrected chi connectivity index (χ2v) is 7.03. The van der Waals surface area contributed by atoms with Gasteiger partial charge >= 0.3 is 0 Å². The third-order valence-corrected chi connectivity index (χ3v) is 5.20. The largest absolute Gasteiger partial charge is 0.384 e. The molecule has 3 atom stereocenters. The maximum absolute atomic E-state index is 12.6. The van der Waals surface area contributed by atoms with Gasteiger partial charge in [-0.25, -0.2) is 4.98 Å². The highest BCUT2D eigenvalue weighted by atomic mass is 32.1. The maximum atomic E-state index is 12.6. The number of hydrogen-bond acceptors (Lipinski definition) is 4. The first kappa shape index (κ1) is 16.9. The van der Waals surface area contributed by atoms with Crippen molar-refractivity contribution in [1.29, 1.82) is 0 Å². The van der Waals surface area contributed by atoms with E-state index in [0.717, 1.165) is 24.8 Å². The molecule has 0 radical (unpaired) electrons. The first-order valence-corrected chi connectivity index (χ1v) is 9.19. The lowest BCUT2D eigenvalue weighted by molar-refractivity contribution is -0.126. The fraction of sp³-hybridized carbons (Fsp3) is 0.368. The fourth-order valence-electron chi connectivity index (χ4n) is 2.99. The van der Waals surface area contributed by atoms with E-state index in [-0.39, 0.29) is 17.9 Å². The van der Waals surface area contributed by atoms with Crippen LogP contribution in [0.15, 0.2) is 54.1 Å². The van der Waals surface area contributed by atoms with Gasteiger partial charge in [-0.05, 0) is 31.2 Å². The molecular formula is C19H22N2O2S. The van der Waals surface area contributed by atoms with Crippen molar-refractivity contribution in [1.82, 2.24) is 10.3 Å². The first-order chi connectivity index (χ1) is 11.7. The van der Waals surface area contributed by atoms with Gasteiger partial charge in [-0.1, -0.05) is 42.5 Å².